The van der Waals surface area contributed by atoms with Gasteiger partial charge in [-0.15, -0.1) is 5.10 Å². The molecule has 4 nitrogen and oxygen atoms in total. The monoisotopic (exact) mass is 500 g/mol. The molecule has 196 valence electrons. The van der Waals surface area contributed by atoms with Gasteiger partial charge in [0.05, 0.1) is 13.2 Å². The molecule has 2 atom stereocenters. The second-order valence-corrected chi connectivity index (χ2v) is 11.2. The van der Waals surface area contributed by atoms with Gasteiger partial charge in [0, 0.05) is 5.56 Å². The van der Waals surface area contributed by atoms with Gasteiger partial charge in [0.15, 0.2) is 5.01 Å². The van der Waals surface area contributed by atoms with Crippen molar-refractivity contribution in [3.05, 3.63) is 24.3 Å². The summed E-state index contributed by atoms with van der Waals surface area (Å²) in [5, 5.41) is 10.2. The molecule has 1 aromatic carbocycles. The standard InChI is InChI=1S/C30H48N2O2S/c1-3-5-7-8-9-13-23-33-28-21-19-27(20-22-28)29-31-32-30(35-29)34-24-14-18-26-17-12-11-16-25(26)15-10-6-4-2/h19-22,25-26H,3-18,23-24H2,1-2H3. The zero-order chi connectivity index (χ0) is 24.6. The van der Waals surface area contributed by atoms with Crippen LogP contribution in [0.1, 0.15) is 117 Å². The molecular weight excluding hydrogens is 452 g/mol. The molecule has 0 spiro atoms. The molecule has 35 heavy (non-hydrogen) atoms. The van der Waals surface area contributed by atoms with Crippen LogP contribution in [0, 0.1) is 11.8 Å². The highest BCUT2D eigenvalue weighted by atomic mass is 32.1. The van der Waals surface area contributed by atoms with E-state index in [0.717, 1.165) is 54.2 Å². The van der Waals surface area contributed by atoms with Crippen molar-refractivity contribution in [1.82, 2.24) is 10.2 Å². The van der Waals surface area contributed by atoms with Crippen LogP contribution in [0.5, 0.6) is 10.9 Å². The summed E-state index contributed by atoms with van der Waals surface area (Å²) in [4.78, 5) is 0. The summed E-state index contributed by atoms with van der Waals surface area (Å²) in [6.45, 7) is 6.10. The number of benzene rings is 1. The normalized spacial score (nSPS) is 18.0. The third kappa shape index (κ3) is 10.5. The molecule has 0 aliphatic heterocycles. The van der Waals surface area contributed by atoms with Crippen molar-refractivity contribution in [3.8, 4) is 21.5 Å². The van der Waals surface area contributed by atoms with Crippen LogP contribution in [0.2, 0.25) is 0 Å². The number of hydrogen-bond acceptors (Lipinski definition) is 5. The SMILES string of the molecule is CCCCCCCCOc1ccc(-c2nnc(OCCCC3CCCCC3CCCCC)s2)cc1. The zero-order valence-corrected chi connectivity index (χ0v) is 23.1. The summed E-state index contributed by atoms with van der Waals surface area (Å²) in [5.74, 6) is 2.77. The van der Waals surface area contributed by atoms with Gasteiger partial charge >= 0.3 is 0 Å². The second kappa shape index (κ2) is 16.9. The van der Waals surface area contributed by atoms with Crippen molar-refractivity contribution in [1.29, 1.82) is 0 Å². The van der Waals surface area contributed by atoms with Gasteiger partial charge in [-0.25, -0.2) is 0 Å². The lowest BCUT2D eigenvalue weighted by Gasteiger charge is -2.31. The number of aromatic nitrogens is 2. The van der Waals surface area contributed by atoms with Crippen LogP contribution in [0.15, 0.2) is 24.3 Å². The molecule has 0 saturated heterocycles. The molecular formula is C30H48N2O2S. The molecule has 5 heteroatoms. The summed E-state index contributed by atoms with van der Waals surface area (Å²) in [6.07, 6.45) is 21.4. The van der Waals surface area contributed by atoms with Gasteiger partial charge in [-0.1, -0.05) is 114 Å². The average Bonchev–Trinajstić information content (AvgIpc) is 3.36. The average molecular weight is 501 g/mol. The van der Waals surface area contributed by atoms with Crippen LogP contribution in [-0.4, -0.2) is 23.4 Å². The predicted molar refractivity (Wildman–Crippen MR) is 149 cm³/mol. The molecule has 0 amide bonds. The number of unbranched alkanes of at least 4 members (excludes halogenated alkanes) is 7. The molecule has 1 aromatic heterocycles. The van der Waals surface area contributed by atoms with Crippen LogP contribution in [0.3, 0.4) is 0 Å². The minimum Gasteiger partial charge on any atom is -0.494 e. The third-order valence-electron chi connectivity index (χ3n) is 7.46. The molecule has 2 unspecified atom stereocenters. The van der Waals surface area contributed by atoms with E-state index in [2.05, 4.69) is 36.2 Å². The second-order valence-electron chi connectivity index (χ2n) is 10.3. The Kier molecular flexibility index (Phi) is 13.5. The van der Waals surface area contributed by atoms with Gasteiger partial charge in [0.25, 0.3) is 5.19 Å². The fraction of sp³-hybridized carbons (Fsp3) is 0.733. The minimum absolute atomic E-state index is 0.687. The topological polar surface area (TPSA) is 44.2 Å². The molecule has 1 fully saturated rings. The lowest BCUT2D eigenvalue weighted by molar-refractivity contribution is 0.190. The van der Waals surface area contributed by atoms with E-state index in [4.69, 9.17) is 9.47 Å². The Morgan fingerprint density at radius 3 is 2.09 bits per heavy atom. The van der Waals surface area contributed by atoms with E-state index >= 15 is 0 Å². The first-order chi connectivity index (χ1) is 17.3. The summed E-state index contributed by atoms with van der Waals surface area (Å²) in [5.41, 5.74) is 1.07. The van der Waals surface area contributed by atoms with E-state index in [9.17, 15) is 0 Å². The summed E-state index contributed by atoms with van der Waals surface area (Å²) in [7, 11) is 0. The van der Waals surface area contributed by atoms with E-state index in [-0.39, 0.29) is 0 Å². The molecule has 0 N–H and O–H groups in total. The van der Waals surface area contributed by atoms with Crippen LogP contribution in [0.25, 0.3) is 10.6 Å². The molecule has 1 aliphatic rings. The summed E-state index contributed by atoms with van der Waals surface area (Å²) < 4.78 is 11.9. The fourth-order valence-electron chi connectivity index (χ4n) is 5.36. The minimum atomic E-state index is 0.687. The van der Waals surface area contributed by atoms with Crippen molar-refractivity contribution in [2.45, 2.75) is 117 Å². The van der Waals surface area contributed by atoms with Crippen LogP contribution >= 0.6 is 11.3 Å². The third-order valence-corrected chi connectivity index (χ3v) is 8.35. The maximum absolute atomic E-state index is 5.98. The smallest absolute Gasteiger partial charge is 0.294 e. The van der Waals surface area contributed by atoms with Crippen molar-refractivity contribution in [3.63, 3.8) is 0 Å². The van der Waals surface area contributed by atoms with Crippen molar-refractivity contribution in [2.24, 2.45) is 11.8 Å². The lowest BCUT2D eigenvalue weighted by Crippen LogP contribution is -2.20. The largest absolute Gasteiger partial charge is 0.494 e. The fourth-order valence-corrected chi connectivity index (χ4v) is 6.08. The van der Waals surface area contributed by atoms with Gasteiger partial charge in [-0.3, -0.25) is 0 Å². The van der Waals surface area contributed by atoms with Crippen LogP contribution in [-0.2, 0) is 0 Å². The van der Waals surface area contributed by atoms with E-state index in [1.54, 1.807) is 0 Å². The zero-order valence-electron chi connectivity index (χ0n) is 22.3. The maximum atomic E-state index is 5.98. The Morgan fingerprint density at radius 2 is 1.34 bits per heavy atom. The van der Waals surface area contributed by atoms with Gasteiger partial charge in [-0.05, 0) is 55.4 Å². The number of ether oxygens (including phenoxy) is 2. The van der Waals surface area contributed by atoms with Crippen molar-refractivity contribution in [2.75, 3.05) is 13.2 Å². The quantitative estimate of drug-likeness (QED) is 0.191. The van der Waals surface area contributed by atoms with E-state index < -0.39 is 0 Å². The first-order valence-electron chi connectivity index (χ1n) is 14.5. The molecule has 1 saturated carbocycles. The predicted octanol–water partition coefficient (Wildman–Crippen LogP) is 9.49. The van der Waals surface area contributed by atoms with Crippen molar-refractivity contribution >= 4 is 11.3 Å². The number of nitrogens with zero attached hydrogens (tertiary/aromatic N) is 2. The molecule has 2 aromatic rings. The Hall–Kier alpha value is -1.62. The van der Waals surface area contributed by atoms with Gasteiger partial charge in [0.2, 0.25) is 0 Å². The molecule has 0 bridgehead atoms. The molecule has 1 heterocycles. The summed E-state index contributed by atoms with van der Waals surface area (Å²) in [6, 6.07) is 8.22. The Labute approximate surface area is 218 Å². The Morgan fingerprint density at radius 1 is 0.714 bits per heavy atom. The van der Waals surface area contributed by atoms with Crippen molar-refractivity contribution < 1.29 is 9.47 Å². The number of hydrogen-bond donors (Lipinski definition) is 0. The van der Waals surface area contributed by atoms with Crippen LogP contribution in [0.4, 0.5) is 0 Å². The highest BCUT2D eigenvalue weighted by Gasteiger charge is 2.24. The maximum Gasteiger partial charge on any atom is 0.294 e. The Bertz CT molecular complexity index is 792. The highest BCUT2D eigenvalue weighted by Crippen LogP contribution is 2.36. The van der Waals surface area contributed by atoms with Crippen LogP contribution < -0.4 is 9.47 Å². The van der Waals surface area contributed by atoms with E-state index in [1.165, 1.54) is 101 Å². The summed E-state index contributed by atoms with van der Waals surface area (Å²) >= 11 is 1.54. The van der Waals surface area contributed by atoms with Gasteiger partial charge < -0.3 is 9.47 Å². The molecule has 0 radical (unpaired) electrons. The number of rotatable bonds is 18. The Balaban J connectivity index is 1.34. The van der Waals surface area contributed by atoms with E-state index in [0.29, 0.717) is 5.19 Å². The highest BCUT2D eigenvalue weighted by molar-refractivity contribution is 7.16. The first kappa shape index (κ1) is 28.0. The van der Waals surface area contributed by atoms with E-state index in [1.807, 2.05) is 12.1 Å². The molecule has 3 rings (SSSR count). The lowest BCUT2D eigenvalue weighted by atomic mass is 9.74. The first-order valence-corrected chi connectivity index (χ1v) is 15.3. The van der Waals surface area contributed by atoms with Gasteiger partial charge in [-0.2, -0.15) is 0 Å². The van der Waals surface area contributed by atoms with Gasteiger partial charge in [0.1, 0.15) is 5.75 Å². The molecule has 1 aliphatic carbocycles.